The van der Waals surface area contributed by atoms with Crippen LogP contribution in [0.25, 0.3) is 22.7 Å². The molecule has 100 valence electrons. The molecular weight excluding hydrogens is 256 g/mol. The molecule has 2 aromatic heterocycles. The largest absolute Gasteiger partial charge is 0.493 e. The van der Waals surface area contributed by atoms with Crippen molar-refractivity contribution in [2.24, 2.45) is 0 Å². The van der Waals surface area contributed by atoms with Gasteiger partial charge in [-0.1, -0.05) is 29.8 Å². The number of benzene rings is 1. The predicted octanol–water partition coefficient (Wildman–Crippen LogP) is 2.71. The number of aromatic amines is 1. The van der Waals surface area contributed by atoms with E-state index in [1.54, 1.807) is 18.2 Å². The second-order valence-corrected chi connectivity index (χ2v) is 4.46. The number of rotatable bonds is 2. The van der Waals surface area contributed by atoms with Gasteiger partial charge in [-0.2, -0.15) is 4.98 Å². The summed E-state index contributed by atoms with van der Waals surface area (Å²) >= 11 is 0. The standard InChI is InChI=1S/C15H12N2O3/c1-9-4-2-5-10(8-9)12-14(18)16-13(17-15(12)19)11-6-3-7-20-11/h2-8H,1H3,(H2,16,17,18,19). The number of nitrogens with zero attached hydrogens (tertiary/aromatic N) is 1. The Kier molecular flexibility index (Phi) is 2.87. The fraction of sp³-hybridized carbons (Fsp3) is 0.0667. The Hall–Kier alpha value is -2.82. The first-order chi connectivity index (χ1) is 9.65. The Balaban J connectivity index is 2.17. The molecule has 0 saturated carbocycles. The third kappa shape index (κ3) is 2.09. The van der Waals surface area contributed by atoms with Gasteiger partial charge < -0.3 is 14.5 Å². The van der Waals surface area contributed by atoms with E-state index < -0.39 is 5.56 Å². The maximum Gasteiger partial charge on any atom is 0.263 e. The lowest BCUT2D eigenvalue weighted by Crippen LogP contribution is -2.12. The molecule has 5 heteroatoms. The molecule has 0 aliphatic rings. The average molecular weight is 268 g/mol. The van der Waals surface area contributed by atoms with Crippen LogP contribution < -0.4 is 5.56 Å². The van der Waals surface area contributed by atoms with Crippen LogP contribution in [0, 0.1) is 6.92 Å². The predicted molar refractivity (Wildman–Crippen MR) is 74.4 cm³/mol. The smallest absolute Gasteiger partial charge is 0.263 e. The molecule has 0 bridgehead atoms. The summed E-state index contributed by atoms with van der Waals surface area (Å²) in [7, 11) is 0. The maximum atomic E-state index is 12.2. The summed E-state index contributed by atoms with van der Waals surface area (Å²) in [5.74, 6) is 0.285. The molecule has 2 N–H and O–H groups in total. The van der Waals surface area contributed by atoms with Crippen molar-refractivity contribution in [3.8, 4) is 28.6 Å². The van der Waals surface area contributed by atoms with Crippen molar-refractivity contribution < 1.29 is 9.52 Å². The van der Waals surface area contributed by atoms with E-state index in [4.69, 9.17) is 4.42 Å². The average Bonchev–Trinajstić information content (AvgIpc) is 2.91. The first-order valence-electron chi connectivity index (χ1n) is 6.09. The molecule has 20 heavy (non-hydrogen) atoms. The van der Waals surface area contributed by atoms with E-state index in [1.165, 1.54) is 6.26 Å². The molecule has 0 atom stereocenters. The highest BCUT2D eigenvalue weighted by molar-refractivity contribution is 5.69. The van der Waals surface area contributed by atoms with Crippen molar-refractivity contribution in [2.75, 3.05) is 0 Å². The van der Waals surface area contributed by atoms with E-state index in [-0.39, 0.29) is 17.3 Å². The number of aryl methyl sites for hydroxylation is 1. The van der Waals surface area contributed by atoms with Crippen LogP contribution in [0.15, 0.2) is 51.9 Å². The minimum absolute atomic E-state index is 0.156. The molecule has 0 aliphatic heterocycles. The summed E-state index contributed by atoms with van der Waals surface area (Å²) < 4.78 is 5.15. The Morgan fingerprint density at radius 3 is 2.75 bits per heavy atom. The van der Waals surface area contributed by atoms with Gasteiger partial charge in [0.1, 0.15) is 5.56 Å². The van der Waals surface area contributed by atoms with Gasteiger partial charge in [-0.25, -0.2) is 0 Å². The Bertz CT molecular complexity index is 804. The van der Waals surface area contributed by atoms with Crippen LogP contribution >= 0.6 is 0 Å². The molecule has 0 saturated heterocycles. The van der Waals surface area contributed by atoms with Gasteiger partial charge in [-0.15, -0.1) is 0 Å². The second kappa shape index (κ2) is 4.70. The molecule has 2 heterocycles. The number of aromatic nitrogens is 2. The third-order valence-corrected chi connectivity index (χ3v) is 2.96. The highest BCUT2D eigenvalue weighted by Gasteiger charge is 2.14. The minimum Gasteiger partial charge on any atom is -0.493 e. The van der Waals surface area contributed by atoms with Crippen LogP contribution in [0.5, 0.6) is 5.88 Å². The molecule has 0 aliphatic carbocycles. The van der Waals surface area contributed by atoms with Crippen molar-refractivity contribution >= 4 is 0 Å². The monoisotopic (exact) mass is 268 g/mol. The number of furan rings is 1. The summed E-state index contributed by atoms with van der Waals surface area (Å²) in [6.07, 6.45) is 1.47. The van der Waals surface area contributed by atoms with E-state index in [0.29, 0.717) is 11.3 Å². The number of hydrogen-bond acceptors (Lipinski definition) is 4. The quantitative estimate of drug-likeness (QED) is 0.749. The second-order valence-electron chi connectivity index (χ2n) is 4.46. The Morgan fingerprint density at radius 2 is 2.10 bits per heavy atom. The third-order valence-electron chi connectivity index (χ3n) is 2.96. The zero-order chi connectivity index (χ0) is 14.1. The maximum absolute atomic E-state index is 12.2. The topological polar surface area (TPSA) is 79.1 Å². The van der Waals surface area contributed by atoms with E-state index in [2.05, 4.69) is 9.97 Å². The normalized spacial score (nSPS) is 10.7. The van der Waals surface area contributed by atoms with Gasteiger partial charge in [-0.05, 0) is 24.6 Å². The van der Waals surface area contributed by atoms with E-state index >= 15 is 0 Å². The van der Waals surface area contributed by atoms with E-state index in [1.807, 2.05) is 25.1 Å². The fourth-order valence-corrected chi connectivity index (χ4v) is 2.05. The first kappa shape index (κ1) is 12.2. The van der Waals surface area contributed by atoms with Gasteiger partial charge in [0.2, 0.25) is 5.88 Å². The van der Waals surface area contributed by atoms with Gasteiger partial charge in [0.25, 0.3) is 5.56 Å². The van der Waals surface area contributed by atoms with Crippen molar-refractivity contribution in [1.82, 2.24) is 9.97 Å². The highest BCUT2D eigenvalue weighted by atomic mass is 16.3. The fourth-order valence-electron chi connectivity index (χ4n) is 2.05. The van der Waals surface area contributed by atoms with Crippen molar-refractivity contribution in [3.63, 3.8) is 0 Å². The minimum atomic E-state index is -0.408. The molecule has 0 unspecified atom stereocenters. The number of nitrogens with one attached hydrogen (secondary N) is 1. The molecule has 3 rings (SSSR count). The van der Waals surface area contributed by atoms with Crippen LogP contribution in [0.4, 0.5) is 0 Å². The molecule has 3 aromatic rings. The molecule has 5 nitrogen and oxygen atoms in total. The molecule has 0 fully saturated rings. The number of aromatic hydroxyl groups is 1. The molecule has 0 spiro atoms. The number of hydrogen-bond donors (Lipinski definition) is 2. The van der Waals surface area contributed by atoms with E-state index in [9.17, 15) is 9.90 Å². The Morgan fingerprint density at radius 1 is 1.25 bits per heavy atom. The van der Waals surface area contributed by atoms with Crippen LogP contribution in [-0.4, -0.2) is 15.1 Å². The lowest BCUT2D eigenvalue weighted by molar-refractivity contribution is 0.452. The summed E-state index contributed by atoms with van der Waals surface area (Å²) in [5, 5.41) is 10.0. The summed E-state index contributed by atoms with van der Waals surface area (Å²) in [6.45, 7) is 1.92. The zero-order valence-corrected chi connectivity index (χ0v) is 10.8. The van der Waals surface area contributed by atoms with Crippen LogP contribution in [0.3, 0.4) is 0 Å². The van der Waals surface area contributed by atoms with Crippen molar-refractivity contribution in [3.05, 3.63) is 58.6 Å². The van der Waals surface area contributed by atoms with Gasteiger partial charge in [0, 0.05) is 0 Å². The number of H-pyrrole nitrogens is 1. The van der Waals surface area contributed by atoms with Gasteiger partial charge in [0.05, 0.1) is 6.26 Å². The van der Waals surface area contributed by atoms with Crippen LogP contribution in [0.2, 0.25) is 0 Å². The Labute approximate surface area is 114 Å². The molecule has 0 radical (unpaired) electrons. The van der Waals surface area contributed by atoms with Crippen LogP contribution in [-0.2, 0) is 0 Å². The molecule has 0 amide bonds. The van der Waals surface area contributed by atoms with Crippen molar-refractivity contribution in [2.45, 2.75) is 6.92 Å². The summed E-state index contributed by atoms with van der Waals surface area (Å²) in [4.78, 5) is 18.8. The summed E-state index contributed by atoms with van der Waals surface area (Å²) in [5.41, 5.74) is 1.37. The van der Waals surface area contributed by atoms with Gasteiger partial charge >= 0.3 is 0 Å². The van der Waals surface area contributed by atoms with Crippen molar-refractivity contribution in [1.29, 1.82) is 0 Å². The first-order valence-corrected chi connectivity index (χ1v) is 6.09. The summed E-state index contributed by atoms with van der Waals surface area (Å²) in [6, 6.07) is 10.7. The van der Waals surface area contributed by atoms with Crippen LogP contribution in [0.1, 0.15) is 5.56 Å². The van der Waals surface area contributed by atoms with Gasteiger partial charge in [0.15, 0.2) is 11.6 Å². The lowest BCUT2D eigenvalue weighted by atomic mass is 10.1. The van der Waals surface area contributed by atoms with E-state index in [0.717, 1.165) is 5.56 Å². The zero-order valence-electron chi connectivity index (χ0n) is 10.8. The molecule has 1 aromatic carbocycles. The van der Waals surface area contributed by atoms with Gasteiger partial charge in [-0.3, -0.25) is 4.79 Å². The lowest BCUT2D eigenvalue weighted by Gasteiger charge is -2.05. The SMILES string of the molecule is Cc1cccc(-c2c(O)nc(-c3ccco3)[nH]c2=O)c1. The highest BCUT2D eigenvalue weighted by Crippen LogP contribution is 2.26. The molecular formula is C15H12N2O3.